The van der Waals surface area contributed by atoms with Crippen molar-refractivity contribution in [2.24, 2.45) is 0 Å². The molecule has 2 aromatic carbocycles. The number of methoxy groups -OCH3 is 1. The van der Waals surface area contributed by atoms with Gasteiger partial charge in [-0.1, -0.05) is 18.2 Å². The van der Waals surface area contributed by atoms with Crippen LogP contribution in [-0.2, 0) is 22.3 Å². The normalized spacial score (nSPS) is 11.8. The lowest BCUT2D eigenvalue weighted by Crippen LogP contribution is -2.13. The SMILES string of the molecule is COC(=O)Cn1nc(-c2cc(C(F)(F)F)ccc2F)c2cccc(C)c21. The number of aryl methyl sites for hydroxylation is 1. The van der Waals surface area contributed by atoms with Crippen LogP contribution in [0.3, 0.4) is 0 Å². The summed E-state index contributed by atoms with van der Waals surface area (Å²) >= 11 is 0. The highest BCUT2D eigenvalue weighted by Crippen LogP contribution is 2.36. The van der Waals surface area contributed by atoms with Crippen molar-refractivity contribution < 1.29 is 27.1 Å². The molecule has 0 bridgehead atoms. The van der Waals surface area contributed by atoms with Crippen LogP contribution in [0, 0.1) is 12.7 Å². The quantitative estimate of drug-likeness (QED) is 0.512. The van der Waals surface area contributed by atoms with E-state index in [4.69, 9.17) is 0 Å². The van der Waals surface area contributed by atoms with Crippen LogP contribution in [0.1, 0.15) is 11.1 Å². The number of alkyl halides is 3. The molecule has 1 aromatic heterocycles. The third kappa shape index (κ3) is 3.14. The minimum Gasteiger partial charge on any atom is -0.468 e. The van der Waals surface area contributed by atoms with Crippen molar-refractivity contribution in [2.45, 2.75) is 19.6 Å². The van der Waals surface area contributed by atoms with E-state index in [1.165, 1.54) is 11.8 Å². The Morgan fingerprint density at radius 2 is 1.96 bits per heavy atom. The molecule has 3 aromatic rings. The van der Waals surface area contributed by atoms with Crippen molar-refractivity contribution in [3.63, 3.8) is 0 Å². The smallest absolute Gasteiger partial charge is 0.416 e. The Bertz CT molecular complexity index is 993. The summed E-state index contributed by atoms with van der Waals surface area (Å²) in [6.45, 7) is 1.53. The third-order valence-corrected chi connectivity index (χ3v) is 4.03. The van der Waals surface area contributed by atoms with Crippen LogP contribution >= 0.6 is 0 Å². The molecule has 8 heteroatoms. The predicted molar refractivity (Wildman–Crippen MR) is 86.9 cm³/mol. The molecule has 4 nitrogen and oxygen atoms in total. The van der Waals surface area contributed by atoms with Crippen molar-refractivity contribution >= 4 is 16.9 Å². The van der Waals surface area contributed by atoms with Crippen molar-refractivity contribution in [1.29, 1.82) is 0 Å². The number of nitrogens with zero attached hydrogens (tertiary/aromatic N) is 2. The van der Waals surface area contributed by atoms with E-state index in [2.05, 4.69) is 9.84 Å². The third-order valence-electron chi connectivity index (χ3n) is 4.03. The number of aromatic nitrogens is 2. The van der Waals surface area contributed by atoms with Crippen LogP contribution < -0.4 is 0 Å². The van der Waals surface area contributed by atoms with E-state index < -0.39 is 23.5 Å². The number of hydrogen-bond donors (Lipinski definition) is 0. The van der Waals surface area contributed by atoms with Gasteiger partial charge in [0, 0.05) is 10.9 Å². The fourth-order valence-electron chi connectivity index (χ4n) is 2.80. The molecule has 0 atom stereocenters. The van der Waals surface area contributed by atoms with Gasteiger partial charge in [-0.05, 0) is 30.7 Å². The van der Waals surface area contributed by atoms with Gasteiger partial charge in [0.05, 0.1) is 18.2 Å². The summed E-state index contributed by atoms with van der Waals surface area (Å²) in [6, 6.07) is 7.25. The second-order valence-corrected chi connectivity index (χ2v) is 5.75. The Labute approximate surface area is 146 Å². The summed E-state index contributed by atoms with van der Waals surface area (Å²) in [7, 11) is 1.22. The van der Waals surface area contributed by atoms with Crippen LogP contribution in [0.4, 0.5) is 17.6 Å². The molecule has 0 fully saturated rings. The molecule has 0 saturated heterocycles. The first kappa shape index (κ1) is 17.9. The predicted octanol–water partition coefficient (Wildman–Crippen LogP) is 4.34. The zero-order valence-electron chi connectivity index (χ0n) is 13.9. The number of benzene rings is 2. The largest absolute Gasteiger partial charge is 0.468 e. The van der Waals surface area contributed by atoms with Crippen molar-refractivity contribution in [2.75, 3.05) is 7.11 Å². The molecule has 0 amide bonds. The number of rotatable bonds is 3. The fourth-order valence-corrected chi connectivity index (χ4v) is 2.80. The van der Waals surface area contributed by atoms with Gasteiger partial charge in [-0.2, -0.15) is 18.3 Å². The summed E-state index contributed by atoms with van der Waals surface area (Å²) in [5, 5.41) is 4.65. The van der Waals surface area contributed by atoms with Gasteiger partial charge in [0.25, 0.3) is 0 Å². The Morgan fingerprint density at radius 1 is 1.23 bits per heavy atom. The topological polar surface area (TPSA) is 44.1 Å². The maximum Gasteiger partial charge on any atom is 0.416 e. The molecule has 0 aliphatic rings. The molecule has 0 spiro atoms. The molecule has 0 radical (unpaired) electrons. The van der Waals surface area contributed by atoms with E-state index in [-0.39, 0.29) is 17.8 Å². The minimum atomic E-state index is -4.61. The van der Waals surface area contributed by atoms with Crippen LogP contribution in [0.5, 0.6) is 0 Å². The minimum absolute atomic E-state index is 0.0382. The van der Waals surface area contributed by atoms with Gasteiger partial charge in [0.2, 0.25) is 0 Å². The maximum atomic E-state index is 14.3. The molecule has 0 saturated carbocycles. The lowest BCUT2D eigenvalue weighted by Gasteiger charge is -2.09. The molecule has 0 aliphatic carbocycles. The first-order valence-electron chi connectivity index (χ1n) is 7.62. The Balaban J connectivity index is 2.26. The molecule has 26 heavy (non-hydrogen) atoms. The zero-order valence-corrected chi connectivity index (χ0v) is 13.9. The number of ether oxygens (including phenoxy) is 1. The zero-order chi connectivity index (χ0) is 19.1. The van der Waals surface area contributed by atoms with Gasteiger partial charge in [0.1, 0.15) is 18.1 Å². The number of carbonyl (C=O) groups is 1. The van der Waals surface area contributed by atoms with Crippen LogP contribution in [-0.4, -0.2) is 22.9 Å². The molecule has 0 N–H and O–H groups in total. The van der Waals surface area contributed by atoms with Gasteiger partial charge >= 0.3 is 12.1 Å². The number of hydrogen-bond acceptors (Lipinski definition) is 3. The van der Waals surface area contributed by atoms with E-state index >= 15 is 0 Å². The molecule has 0 unspecified atom stereocenters. The highest BCUT2D eigenvalue weighted by Gasteiger charge is 2.32. The van der Waals surface area contributed by atoms with E-state index in [0.29, 0.717) is 17.0 Å². The number of fused-ring (bicyclic) bond motifs is 1. The number of halogens is 4. The summed E-state index contributed by atoms with van der Waals surface area (Å²) in [6.07, 6.45) is -4.61. The average Bonchev–Trinajstić information content (AvgIpc) is 2.93. The van der Waals surface area contributed by atoms with Crippen LogP contribution in [0.25, 0.3) is 22.2 Å². The molecule has 136 valence electrons. The Kier molecular flexibility index (Phi) is 4.43. The second kappa shape index (κ2) is 6.44. The van der Waals surface area contributed by atoms with E-state index in [1.807, 2.05) is 0 Å². The molecular weight excluding hydrogens is 352 g/mol. The van der Waals surface area contributed by atoms with Crippen LogP contribution in [0.15, 0.2) is 36.4 Å². The molecule has 3 rings (SSSR count). The molecular formula is C18H14F4N2O2. The van der Waals surface area contributed by atoms with E-state index in [9.17, 15) is 22.4 Å². The fraction of sp³-hybridized carbons (Fsp3) is 0.222. The summed E-state index contributed by atoms with van der Waals surface area (Å²) in [5.74, 6) is -1.40. The highest BCUT2D eigenvalue weighted by atomic mass is 19.4. The standard InChI is InChI=1S/C18H14F4N2O2/c1-10-4-3-5-12-16(23-24(17(10)12)9-15(25)26-2)13-8-11(18(20,21)22)6-7-14(13)19/h3-8H,9H2,1-2H3. The van der Waals surface area contributed by atoms with E-state index in [1.54, 1.807) is 25.1 Å². The number of esters is 1. The van der Waals surface area contributed by atoms with Gasteiger partial charge in [-0.15, -0.1) is 0 Å². The Hall–Kier alpha value is -2.90. The molecule has 0 aliphatic heterocycles. The first-order valence-corrected chi connectivity index (χ1v) is 7.62. The summed E-state index contributed by atoms with van der Waals surface area (Å²) in [5.41, 5.74) is 0.0645. The average molecular weight is 366 g/mol. The summed E-state index contributed by atoms with van der Waals surface area (Å²) < 4.78 is 59.3. The monoisotopic (exact) mass is 366 g/mol. The van der Waals surface area contributed by atoms with Crippen molar-refractivity contribution in [3.05, 3.63) is 53.3 Å². The second-order valence-electron chi connectivity index (χ2n) is 5.75. The lowest BCUT2D eigenvalue weighted by molar-refractivity contribution is -0.141. The maximum absolute atomic E-state index is 14.3. The highest BCUT2D eigenvalue weighted by molar-refractivity contribution is 5.95. The van der Waals surface area contributed by atoms with Gasteiger partial charge < -0.3 is 4.74 Å². The molecule has 1 heterocycles. The first-order chi connectivity index (χ1) is 12.2. The van der Waals surface area contributed by atoms with Crippen molar-refractivity contribution in [3.8, 4) is 11.3 Å². The van der Waals surface area contributed by atoms with Gasteiger partial charge in [0.15, 0.2) is 0 Å². The Morgan fingerprint density at radius 3 is 2.62 bits per heavy atom. The number of carbonyl (C=O) groups excluding carboxylic acids is 1. The van der Waals surface area contributed by atoms with Gasteiger partial charge in [-0.25, -0.2) is 4.39 Å². The van der Waals surface area contributed by atoms with Crippen LogP contribution in [0.2, 0.25) is 0 Å². The van der Waals surface area contributed by atoms with E-state index in [0.717, 1.165) is 17.7 Å². The van der Waals surface area contributed by atoms with Crippen molar-refractivity contribution in [1.82, 2.24) is 9.78 Å². The summed E-state index contributed by atoms with van der Waals surface area (Å²) in [4.78, 5) is 11.6. The lowest BCUT2D eigenvalue weighted by atomic mass is 10.0. The number of para-hydroxylation sites is 1. The van der Waals surface area contributed by atoms with Gasteiger partial charge in [-0.3, -0.25) is 9.48 Å².